The Balaban J connectivity index is 1.43. The third-order valence-electron chi connectivity index (χ3n) is 7.09. The van der Waals surface area contributed by atoms with Gasteiger partial charge in [0.1, 0.15) is 11.6 Å². The van der Waals surface area contributed by atoms with Crippen LogP contribution in [0.1, 0.15) is 54.2 Å². The topological polar surface area (TPSA) is 42.4 Å². The molecule has 0 spiro atoms. The number of halogens is 2. The first-order valence-electron chi connectivity index (χ1n) is 11.9. The quantitative estimate of drug-likeness (QED) is 0.513. The van der Waals surface area contributed by atoms with Crippen LogP contribution in [0, 0.1) is 11.6 Å². The molecule has 0 radical (unpaired) electrons. The maximum atomic E-state index is 14.1. The number of likely N-dealkylation sites (tertiary alicyclic amines) is 1. The highest BCUT2D eigenvalue weighted by Crippen LogP contribution is 2.41. The van der Waals surface area contributed by atoms with E-state index >= 15 is 0 Å². The van der Waals surface area contributed by atoms with Crippen LogP contribution in [0.4, 0.5) is 8.78 Å². The lowest BCUT2D eigenvalue weighted by Gasteiger charge is -2.40. The largest absolute Gasteiger partial charge is 0.381 e. The zero-order chi connectivity index (χ0) is 23.5. The molecule has 0 saturated carbocycles. The Morgan fingerprint density at radius 3 is 2.50 bits per heavy atom. The molecule has 1 aromatic heterocycles. The van der Waals surface area contributed by atoms with Crippen LogP contribution in [-0.2, 0) is 21.4 Å². The summed E-state index contributed by atoms with van der Waals surface area (Å²) >= 11 is 0. The molecule has 2 fully saturated rings. The number of hydrogen-bond acceptors (Lipinski definition) is 3. The molecule has 0 N–H and O–H groups in total. The van der Waals surface area contributed by atoms with E-state index in [9.17, 15) is 13.6 Å². The average molecular weight is 463 g/mol. The molecule has 2 aromatic carbocycles. The second kappa shape index (κ2) is 9.63. The molecular formula is C28H28F2N2O2. The number of rotatable bonds is 5. The summed E-state index contributed by atoms with van der Waals surface area (Å²) in [6.07, 6.45) is 3.31. The van der Waals surface area contributed by atoms with Gasteiger partial charge in [0.2, 0.25) is 5.91 Å². The number of amides is 1. The molecule has 1 unspecified atom stereocenters. The molecule has 1 amide bonds. The van der Waals surface area contributed by atoms with Gasteiger partial charge < -0.3 is 9.64 Å². The van der Waals surface area contributed by atoms with Crippen molar-refractivity contribution in [2.45, 2.75) is 43.6 Å². The van der Waals surface area contributed by atoms with Gasteiger partial charge in [-0.25, -0.2) is 8.78 Å². The van der Waals surface area contributed by atoms with Crippen molar-refractivity contribution in [1.29, 1.82) is 0 Å². The van der Waals surface area contributed by atoms with E-state index in [1.807, 2.05) is 35.2 Å². The Labute approximate surface area is 198 Å². The van der Waals surface area contributed by atoms with Crippen LogP contribution in [0.5, 0.6) is 0 Å². The van der Waals surface area contributed by atoms with E-state index in [1.165, 1.54) is 24.3 Å². The lowest BCUT2D eigenvalue weighted by Crippen LogP contribution is -2.49. The summed E-state index contributed by atoms with van der Waals surface area (Å²) in [4.78, 5) is 20.9. The zero-order valence-electron chi connectivity index (χ0n) is 19.1. The summed E-state index contributed by atoms with van der Waals surface area (Å²) in [6.45, 7) is 1.60. The number of hydrogen-bond donors (Lipinski definition) is 0. The van der Waals surface area contributed by atoms with Gasteiger partial charge in [-0.15, -0.1) is 0 Å². The van der Waals surface area contributed by atoms with Crippen LogP contribution in [0.15, 0.2) is 66.7 Å². The molecule has 34 heavy (non-hydrogen) atoms. The summed E-state index contributed by atoms with van der Waals surface area (Å²) in [5.41, 5.74) is 2.48. The van der Waals surface area contributed by atoms with Crippen LogP contribution in [-0.4, -0.2) is 35.5 Å². The number of carbonyl (C=O) groups is 1. The highest BCUT2D eigenvalue weighted by atomic mass is 19.1. The maximum Gasteiger partial charge on any atom is 0.233 e. The summed E-state index contributed by atoms with van der Waals surface area (Å²) in [7, 11) is 0. The van der Waals surface area contributed by atoms with E-state index < -0.39 is 5.41 Å². The first kappa shape index (κ1) is 22.7. The second-order valence-electron chi connectivity index (χ2n) is 9.22. The van der Waals surface area contributed by atoms with E-state index in [1.54, 1.807) is 12.1 Å². The maximum absolute atomic E-state index is 14.1. The Morgan fingerprint density at radius 2 is 1.74 bits per heavy atom. The first-order chi connectivity index (χ1) is 16.5. The van der Waals surface area contributed by atoms with Gasteiger partial charge in [0.15, 0.2) is 0 Å². The van der Waals surface area contributed by atoms with Gasteiger partial charge in [-0.1, -0.05) is 30.3 Å². The van der Waals surface area contributed by atoms with Crippen LogP contribution in [0.2, 0.25) is 0 Å². The summed E-state index contributed by atoms with van der Waals surface area (Å²) in [6, 6.07) is 18.7. The summed E-state index contributed by atoms with van der Waals surface area (Å²) < 4.78 is 33.3. The minimum atomic E-state index is -0.790. The molecule has 0 bridgehead atoms. The number of carbonyl (C=O) groups excluding carboxylic acids is 1. The van der Waals surface area contributed by atoms with Gasteiger partial charge in [-0.05, 0) is 73.2 Å². The van der Waals surface area contributed by atoms with Crippen molar-refractivity contribution < 1.29 is 18.3 Å². The molecule has 4 nitrogen and oxygen atoms in total. The highest BCUT2D eigenvalue weighted by Gasteiger charge is 2.47. The van der Waals surface area contributed by atoms with Gasteiger partial charge in [0.25, 0.3) is 0 Å². The molecule has 3 aromatic rings. The lowest BCUT2D eigenvalue weighted by molar-refractivity contribution is -0.142. The SMILES string of the molecule is O=C(N1CCCC1c1cccc(Cc2cccc(F)c2)n1)C1(c2cccc(F)c2)CCOCC1. The minimum Gasteiger partial charge on any atom is -0.381 e. The zero-order valence-corrected chi connectivity index (χ0v) is 19.1. The molecule has 5 rings (SSSR count). The van der Waals surface area contributed by atoms with Crippen molar-refractivity contribution in [1.82, 2.24) is 9.88 Å². The van der Waals surface area contributed by atoms with E-state index in [4.69, 9.17) is 9.72 Å². The first-order valence-corrected chi connectivity index (χ1v) is 11.9. The van der Waals surface area contributed by atoms with Crippen LogP contribution in [0.3, 0.4) is 0 Å². The summed E-state index contributed by atoms with van der Waals surface area (Å²) in [5, 5.41) is 0. The van der Waals surface area contributed by atoms with E-state index in [0.717, 1.165) is 35.4 Å². The van der Waals surface area contributed by atoms with Gasteiger partial charge in [-0.2, -0.15) is 0 Å². The number of nitrogens with zero attached hydrogens (tertiary/aromatic N) is 2. The molecular weight excluding hydrogens is 434 g/mol. The third kappa shape index (κ3) is 4.47. The van der Waals surface area contributed by atoms with Gasteiger partial charge in [0, 0.05) is 31.9 Å². The van der Waals surface area contributed by atoms with Crippen LogP contribution in [0.25, 0.3) is 0 Å². The Bertz CT molecular complexity index is 1180. The molecule has 6 heteroatoms. The number of aromatic nitrogens is 1. The van der Waals surface area contributed by atoms with Crippen LogP contribution < -0.4 is 0 Å². The van der Waals surface area contributed by atoms with E-state index in [-0.39, 0.29) is 23.6 Å². The average Bonchev–Trinajstić information content (AvgIpc) is 3.34. The fourth-order valence-electron chi connectivity index (χ4n) is 5.36. The smallest absolute Gasteiger partial charge is 0.233 e. The number of pyridine rings is 1. The lowest BCUT2D eigenvalue weighted by atomic mass is 9.72. The summed E-state index contributed by atoms with van der Waals surface area (Å²) in [5.74, 6) is -0.567. The van der Waals surface area contributed by atoms with Gasteiger partial charge >= 0.3 is 0 Å². The minimum absolute atomic E-state index is 0.0289. The predicted octanol–water partition coefficient (Wildman–Crippen LogP) is 5.36. The standard InChI is InChI=1S/C28H28F2N2O2/c29-22-7-1-5-20(17-22)18-24-9-3-10-25(31-24)26-11-4-14-32(26)27(33)28(12-15-34-16-13-28)21-6-2-8-23(30)19-21/h1-3,5-10,17,19,26H,4,11-16,18H2. The molecule has 176 valence electrons. The van der Waals surface area contributed by atoms with Gasteiger partial charge in [0.05, 0.1) is 17.2 Å². The number of benzene rings is 2. The van der Waals surface area contributed by atoms with Crippen LogP contribution >= 0.6 is 0 Å². The van der Waals surface area contributed by atoms with Crippen molar-refractivity contribution in [2.24, 2.45) is 0 Å². The molecule has 3 heterocycles. The normalized spacial score (nSPS) is 19.8. The van der Waals surface area contributed by atoms with Crippen molar-refractivity contribution in [3.8, 4) is 0 Å². The van der Waals surface area contributed by atoms with Crippen molar-refractivity contribution in [3.63, 3.8) is 0 Å². The highest BCUT2D eigenvalue weighted by molar-refractivity contribution is 5.89. The monoisotopic (exact) mass is 462 g/mol. The fraction of sp³-hybridized carbons (Fsp3) is 0.357. The Hall–Kier alpha value is -3.12. The number of ether oxygens (including phenoxy) is 1. The predicted molar refractivity (Wildman–Crippen MR) is 125 cm³/mol. The molecule has 2 aliphatic rings. The van der Waals surface area contributed by atoms with Gasteiger partial charge in [-0.3, -0.25) is 9.78 Å². The second-order valence-corrected chi connectivity index (χ2v) is 9.22. The Morgan fingerprint density at radius 1 is 1.00 bits per heavy atom. The van der Waals surface area contributed by atoms with Crippen molar-refractivity contribution in [3.05, 3.63) is 101 Å². The van der Waals surface area contributed by atoms with E-state index in [2.05, 4.69) is 0 Å². The molecule has 1 atom stereocenters. The van der Waals surface area contributed by atoms with E-state index in [0.29, 0.717) is 39.0 Å². The third-order valence-corrected chi connectivity index (χ3v) is 7.09. The van der Waals surface area contributed by atoms with Crippen molar-refractivity contribution in [2.75, 3.05) is 19.8 Å². The van der Waals surface area contributed by atoms with Crippen molar-refractivity contribution >= 4 is 5.91 Å². The molecule has 2 saturated heterocycles. The molecule has 0 aliphatic carbocycles. The molecule has 2 aliphatic heterocycles. The fourth-order valence-corrected chi connectivity index (χ4v) is 5.36. The Kier molecular flexibility index (Phi) is 6.42.